The molecule has 0 radical (unpaired) electrons. The van der Waals surface area contributed by atoms with Crippen LogP contribution in [0.2, 0.25) is 0 Å². The third kappa shape index (κ3) is 5.10. The lowest BCUT2D eigenvalue weighted by Crippen LogP contribution is -2.44. The number of aromatic nitrogens is 1. The summed E-state index contributed by atoms with van der Waals surface area (Å²) in [6, 6.07) is 9.14. The van der Waals surface area contributed by atoms with E-state index in [1.54, 1.807) is 25.1 Å². The highest BCUT2D eigenvalue weighted by Gasteiger charge is 2.41. The number of rotatable bonds is 6. The predicted octanol–water partition coefficient (Wildman–Crippen LogP) is 2.81. The predicted molar refractivity (Wildman–Crippen MR) is 108 cm³/mol. The van der Waals surface area contributed by atoms with Gasteiger partial charge in [-0.3, -0.25) is 4.79 Å². The highest BCUT2D eigenvalue weighted by atomic mass is 32.2. The molecule has 1 aromatic carbocycles. The van der Waals surface area contributed by atoms with Crippen LogP contribution >= 0.6 is 0 Å². The number of hydrogen-bond donors (Lipinski definition) is 2. The number of ether oxygens (including phenoxy) is 1. The average molecular weight is 421 g/mol. The van der Waals surface area contributed by atoms with Crippen molar-refractivity contribution in [2.24, 2.45) is 0 Å². The van der Waals surface area contributed by atoms with Gasteiger partial charge in [0, 0.05) is 17.7 Å². The second kappa shape index (κ2) is 8.08. The maximum Gasteiger partial charge on any atom is 0.240 e. The van der Waals surface area contributed by atoms with E-state index in [1.165, 1.54) is 24.4 Å². The number of carbonyl (C=O) groups is 1. The zero-order chi connectivity index (χ0) is 21.2. The lowest BCUT2D eigenvalue weighted by molar-refractivity contribution is -0.115. The van der Waals surface area contributed by atoms with Crippen molar-refractivity contribution in [1.29, 1.82) is 0 Å². The van der Waals surface area contributed by atoms with Gasteiger partial charge in [-0.05, 0) is 57.5 Å². The van der Waals surface area contributed by atoms with Crippen LogP contribution in [0.3, 0.4) is 0 Å². The molecular weight excluding hydrogens is 397 g/mol. The van der Waals surface area contributed by atoms with E-state index in [4.69, 9.17) is 4.74 Å². The van der Waals surface area contributed by atoms with E-state index >= 15 is 0 Å². The van der Waals surface area contributed by atoms with Crippen molar-refractivity contribution in [2.75, 3.05) is 11.9 Å². The Morgan fingerprint density at radius 2 is 2.10 bits per heavy atom. The van der Waals surface area contributed by atoms with E-state index in [0.717, 1.165) is 0 Å². The Morgan fingerprint density at radius 1 is 1.34 bits per heavy atom. The minimum absolute atomic E-state index is 0.334. The van der Waals surface area contributed by atoms with Crippen LogP contribution in [-0.4, -0.2) is 36.7 Å². The Bertz CT molecular complexity index is 996. The second-order valence-corrected chi connectivity index (χ2v) is 9.81. The lowest BCUT2D eigenvalue weighted by Gasteiger charge is -2.39. The molecule has 2 N–H and O–H groups in total. The van der Waals surface area contributed by atoms with E-state index in [9.17, 15) is 17.6 Å². The zero-order valence-corrected chi connectivity index (χ0v) is 17.3. The molecule has 2 aromatic rings. The van der Waals surface area contributed by atoms with Gasteiger partial charge in [0.05, 0.1) is 11.8 Å². The molecule has 2 unspecified atom stereocenters. The molecule has 0 spiro atoms. The quantitative estimate of drug-likeness (QED) is 0.748. The van der Waals surface area contributed by atoms with Crippen LogP contribution in [0.5, 0.6) is 5.75 Å². The van der Waals surface area contributed by atoms with Crippen LogP contribution in [0.1, 0.15) is 38.7 Å². The van der Waals surface area contributed by atoms with Gasteiger partial charge in [0.25, 0.3) is 0 Å². The normalized spacial score (nSPS) is 19.0. The monoisotopic (exact) mass is 421 g/mol. The Balaban J connectivity index is 1.74. The van der Waals surface area contributed by atoms with Crippen molar-refractivity contribution >= 4 is 21.7 Å². The summed E-state index contributed by atoms with van der Waals surface area (Å²) in [6.45, 7) is 4.85. The molecule has 7 nitrogen and oxygen atoms in total. The van der Waals surface area contributed by atoms with E-state index in [-0.39, 0.29) is 0 Å². The van der Waals surface area contributed by atoms with Crippen LogP contribution in [-0.2, 0) is 14.8 Å². The van der Waals surface area contributed by atoms with Crippen LogP contribution in [0.25, 0.3) is 0 Å². The van der Waals surface area contributed by atoms with E-state index < -0.39 is 45.1 Å². The van der Waals surface area contributed by atoms with Gasteiger partial charge in [-0.1, -0.05) is 6.07 Å². The number of fused-ring (bicyclic) bond motifs is 1. The van der Waals surface area contributed by atoms with E-state index in [1.807, 2.05) is 13.8 Å². The van der Waals surface area contributed by atoms with Crippen LogP contribution in [0.4, 0.5) is 10.2 Å². The van der Waals surface area contributed by atoms with Gasteiger partial charge in [-0.25, -0.2) is 22.5 Å². The van der Waals surface area contributed by atoms with Crippen molar-refractivity contribution in [3.63, 3.8) is 0 Å². The number of amides is 1. The summed E-state index contributed by atoms with van der Waals surface area (Å²) in [7, 11) is -3.86. The number of hydrogen-bond acceptors (Lipinski definition) is 5. The molecule has 2 atom stereocenters. The third-order valence-corrected chi connectivity index (χ3v) is 6.75. The number of carbonyl (C=O) groups excluding carboxylic acids is 1. The van der Waals surface area contributed by atoms with Gasteiger partial charge in [-0.15, -0.1) is 0 Å². The Morgan fingerprint density at radius 3 is 2.79 bits per heavy atom. The summed E-state index contributed by atoms with van der Waals surface area (Å²) in [5, 5.41) is 1.63. The molecule has 1 aromatic heterocycles. The number of sulfonamides is 1. The first-order valence-corrected chi connectivity index (χ1v) is 10.8. The minimum atomic E-state index is -3.86. The van der Waals surface area contributed by atoms with E-state index in [0.29, 0.717) is 23.6 Å². The molecular formula is C20H24FN3O4S. The van der Waals surface area contributed by atoms with Crippen molar-refractivity contribution in [1.82, 2.24) is 9.71 Å². The van der Waals surface area contributed by atoms with Crippen molar-refractivity contribution < 1.29 is 22.3 Å². The largest absolute Gasteiger partial charge is 0.488 e. The smallest absolute Gasteiger partial charge is 0.240 e. The topological polar surface area (TPSA) is 97.4 Å². The molecule has 2 heterocycles. The van der Waals surface area contributed by atoms with Gasteiger partial charge >= 0.3 is 0 Å². The fourth-order valence-corrected chi connectivity index (χ4v) is 4.71. The molecule has 156 valence electrons. The fourth-order valence-electron chi connectivity index (χ4n) is 3.44. The zero-order valence-electron chi connectivity index (χ0n) is 16.5. The number of halogens is 1. The first kappa shape index (κ1) is 21.2. The minimum Gasteiger partial charge on any atom is -0.488 e. The highest BCUT2D eigenvalue weighted by Crippen LogP contribution is 2.44. The molecule has 1 aliphatic rings. The molecule has 9 heteroatoms. The number of anilines is 1. The summed E-state index contributed by atoms with van der Waals surface area (Å²) in [6.07, 6.45) is 1.91. The Labute approximate surface area is 169 Å². The van der Waals surface area contributed by atoms with Crippen molar-refractivity contribution in [2.45, 2.75) is 44.0 Å². The standard InChI is InChI=1S/C20H24FN3O4S/c1-13(16-11-20(2,3)28-17-8-7-14(21)10-15(16)17)29(26,27)23-12-19(25)24-18-6-4-5-9-22-18/h4-10,13,16,23H,11-12H2,1-3H3,(H,22,24,25). The molecule has 0 saturated carbocycles. The molecule has 1 amide bonds. The SMILES string of the molecule is CC(C1CC(C)(C)Oc2ccc(F)cc21)S(=O)(=O)NCC(=O)Nc1ccccn1. The van der Waals surface area contributed by atoms with Gasteiger partial charge in [-0.2, -0.15) is 0 Å². The number of nitrogens with zero attached hydrogens (tertiary/aromatic N) is 1. The molecule has 1 aliphatic heterocycles. The first-order chi connectivity index (χ1) is 13.6. The summed E-state index contributed by atoms with van der Waals surface area (Å²) in [5.41, 5.74) is -0.0875. The van der Waals surface area contributed by atoms with Crippen LogP contribution in [0.15, 0.2) is 42.6 Å². The fraction of sp³-hybridized carbons (Fsp3) is 0.400. The second-order valence-electron chi connectivity index (χ2n) is 7.69. The number of benzene rings is 1. The third-order valence-electron chi connectivity index (χ3n) is 4.89. The average Bonchev–Trinajstić information content (AvgIpc) is 2.66. The van der Waals surface area contributed by atoms with Gasteiger partial charge in [0.15, 0.2) is 0 Å². The molecule has 0 aliphatic carbocycles. The summed E-state index contributed by atoms with van der Waals surface area (Å²) < 4.78 is 47.7. The first-order valence-electron chi connectivity index (χ1n) is 9.25. The molecule has 0 saturated heterocycles. The lowest BCUT2D eigenvalue weighted by atomic mass is 9.82. The summed E-state index contributed by atoms with van der Waals surface area (Å²) >= 11 is 0. The van der Waals surface area contributed by atoms with Gasteiger partial charge in [0.1, 0.15) is 23.0 Å². The van der Waals surface area contributed by atoms with Gasteiger partial charge < -0.3 is 10.1 Å². The van der Waals surface area contributed by atoms with Crippen molar-refractivity contribution in [3.8, 4) is 5.75 Å². The summed E-state index contributed by atoms with van der Waals surface area (Å²) in [4.78, 5) is 16.0. The maximum absolute atomic E-state index is 13.8. The molecule has 0 bridgehead atoms. The molecule has 3 rings (SSSR count). The Kier molecular flexibility index (Phi) is 5.90. The number of nitrogens with one attached hydrogen (secondary N) is 2. The number of pyridine rings is 1. The Hall–Kier alpha value is -2.52. The van der Waals surface area contributed by atoms with Crippen LogP contribution in [0, 0.1) is 5.82 Å². The van der Waals surface area contributed by atoms with Gasteiger partial charge in [0.2, 0.25) is 15.9 Å². The van der Waals surface area contributed by atoms with Crippen molar-refractivity contribution in [3.05, 3.63) is 54.0 Å². The van der Waals surface area contributed by atoms with Crippen LogP contribution < -0.4 is 14.8 Å². The summed E-state index contributed by atoms with van der Waals surface area (Å²) in [5.74, 6) is -0.661. The van der Waals surface area contributed by atoms with E-state index in [2.05, 4.69) is 15.0 Å². The molecule has 29 heavy (non-hydrogen) atoms. The maximum atomic E-state index is 13.8. The molecule has 0 fully saturated rings. The highest BCUT2D eigenvalue weighted by molar-refractivity contribution is 7.90.